The molecule has 0 aliphatic carbocycles. The van der Waals surface area contributed by atoms with Gasteiger partial charge in [-0.15, -0.1) is 0 Å². The fraction of sp³-hybridized carbons (Fsp3) is 0.375. The molecule has 0 saturated carbocycles. The second-order valence-electron chi connectivity index (χ2n) is 11.3. The minimum absolute atomic E-state index is 0.0882. The SMILES string of the molecule is CCOC(=O)C1CC2(CCN(C(=O)Cc3c[nH]c4ccc(C)cc34)CC2)CN1C(=O)c1cc(-c2ccccc2)no1. The Balaban J connectivity index is 1.15. The molecular weight excluding hydrogens is 520 g/mol. The second-order valence-corrected chi connectivity index (χ2v) is 11.3. The van der Waals surface area contributed by atoms with Crippen molar-refractivity contribution >= 4 is 28.7 Å². The van der Waals surface area contributed by atoms with Crippen LogP contribution in [-0.4, -0.2) is 70.0 Å². The maximum atomic E-state index is 13.6. The van der Waals surface area contributed by atoms with E-state index < -0.39 is 12.0 Å². The number of hydrogen-bond acceptors (Lipinski definition) is 6. The number of H-pyrrole nitrogens is 1. The number of likely N-dealkylation sites (tertiary alicyclic amines) is 2. The molecule has 2 saturated heterocycles. The van der Waals surface area contributed by atoms with Gasteiger partial charge in [0.05, 0.1) is 13.0 Å². The average Bonchev–Trinajstić information content (AvgIpc) is 3.72. The molecule has 2 aliphatic heterocycles. The Morgan fingerprint density at radius 1 is 1.10 bits per heavy atom. The fourth-order valence-electron chi connectivity index (χ4n) is 6.29. The summed E-state index contributed by atoms with van der Waals surface area (Å²) in [6.07, 6.45) is 4.17. The summed E-state index contributed by atoms with van der Waals surface area (Å²) in [5.41, 5.74) is 4.31. The van der Waals surface area contributed by atoms with Gasteiger partial charge in [-0.2, -0.15) is 0 Å². The predicted molar refractivity (Wildman–Crippen MR) is 153 cm³/mol. The number of hydrogen-bond donors (Lipinski definition) is 1. The number of benzene rings is 2. The van der Waals surface area contributed by atoms with E-state index in [1.165, 1.54) is 0 Å². The van der Waals surface area contributed by atoms with Crippen LogP contribution >= 0.6 is 0 Å². The number of rotatable bonds is 6. The number of nitrogens with zero attached hydrogens (tertiary/aromatic N) is 3. The van der Waals surface area contributed by atoms with Crippen molar-refractivity contribution in [3.8, 4) is 11.3 Å². The van der Waals surface area contributed by atoms with Crippen molar-refractivity contribution in [2.75, 3.05) is 26.2 Å². The highest BCUT2D eigenvalue weighted by Gasteiger charge is 2.51. The molecule has 212 valence electrons. The fourth-order valence-corrected chi connectivity index (χ4v) is 6.29. The highest BCUT2D eigenvalue weighted by Crippen LogP contribution is 2.44. The summed E-state index contributed by atoms with van der Waals surface area (Å²) >= 11 is 0. The molecule has 1 N–H and O–H groups in total. The number of amides is 2. The Kier molecular flexibility index (Phi) is 7.11. The molecule has 1 spiro atoms. The van der Waals surface area contributed by atoms with Crippen LogP contribution < -0.4 is 0 Å². The molecular formula is C32H34N4O5. The van der Waals surface area contributed by atoms with Gasteiger partial charge in [0.2, 0.25) is 11.7 Å². The van der Waals surface area contributed by atoms with Crippen LogP contribution in [0.1, 0.15) is 47.9 Å². The lowest BCUT2D eigenvalue weighted by Crippen LogP contribution is -2.45. The largest absolute Gasteiger partial charge is 0.464 e. The molecule has 1 atom stereocenters. The summed E-state index contributed by atoms with van der Waals surface area (Å²) < 4.78 is 10.8. The number of ether oxygens (including phenoxy) is 1. The lowest BCUT2D eigenvalue weighted by Gasteiger charge is -2.39. The van der Waals surface area contributed by atoms with E-state index in [4.69, 9.17) is 9.26 Å². The first-order chi connectivity index (χ1) is 19.9. The summed E-state index contributed by atoms with van der Waals surface area (Å²) in [6, 6.07) is 16.6. The summed E-state index contributed by atoms with van der Waals surface area (Å²) in [6.45, 7) is 5.61. The number of carbonyl (C=O) groups excluding carboxylic acids is 3. The maximum Gasteiger partial charge on any atom is 0.328 e. The number of aromatic amines is 1. The summed E-state index contributed by atoms with van der Waals surface area (Å²) in [5, 5.41) is 5.17. The Hall–Kier alpha value is -4.40. The first kappa shape index (κ1) is 26.8. The van der Waals surface area contributed by atoms with E-state index in [-0.39, 0.29) is 29.6 Å². The smallest absolute Gasteiger partial charge is 0.328 e. The zero-order valence-electron chi connectivity index (χ0n) is 23.4. The van der Waals surface area contributed by atoms with E-state index in [9.17, 15) is 14.4 Å². The molecule has 2 aliphatic rings. The topological polar surface area (TPSA) is 109 Å². The minimum atomic E-state index is -0.704. The second kappa shape index (κ2) is 10.9. The van der Waals surface area contributed by atoms with E-state index in [0.29, 0.717) is 51.0 Å². The number of fused-ring (bicyclic) bond motifs is 1. The standard InChI is InChI=1S/C32H34N4O5/c1-3-40-31(39)27-18-32(20-36(27)30(38)28-17-26(34-41-28)22-7-5-4-6-8-22)11-13-35(14-12-32)29(37)16-23-19-33-25-10-9-21(2)15-24(23)25/h4-10,15,17,19,27,33H,3,11-14,16,18,20H2,1-2H3. The maximum absolute atomic E-state index is 13.6. The number of carbonyl (C=O) groups is 3. The molecule has 2 aromatic heterocycles. The quantitative estimate of drug-likeness (QED) is 0.344. The van der Waals surface area contributed by atoms with Gasteiger partial charge in [-0.25, -0.2) is 4.79 Å². The summed E-state index contributed by atoms with van der Waals surface area (Å²) in [5.74, 6) is -0.599. The molecule has 1 unspecified atom stereocenters. The molecule has 6 rings (SSSR count). The molecule has 0 bridgehead atoms. The predicted octanol–water partition coefficient (Wildman–Crippen LogP) is 4.76. The Morgan fingerprint density at radius 2 is 1.88 bits per heavy atom. The molecule has 0 radical (unpaired) electrons. The van der Waals surface area contributed by atoms with Crippen LogP contribution in [0.2, 0.25) is 0 Å². The van der Waals surface area contributed by atoms with Crippen LogP contribution in [0.5, 0.6) is 0 Å². The van der Waals surface area contributed by atoms with Gasteiger partial charge in [0.15, 0.2) is 0 Å². The molecule has 2 fully saturated rings. The van der Waals surface area contributed by atoms with E-state index >= 15 is 0 Å². The van der Waals surface area contributed by atoms with E-state index in [1.54, 1.807) is 17.9 Å². The lowest BCUT2D eigenvalue weighted by molar-refractivity contribution is -0.147. The van der Waals surface area contributed by atoms with Crippen molar-refractivity contribution in [1.82, 2.24) is 19.9 Å². The molecule has 2 aromatic carbocycles. The van der Waals surface area contributed by atoms with Gasteiger partial charge >= 0.3 is 5.97 Å². The van der Waals surface area contributed by atoms with Crippen LogP contribution in [0.15, 0.2) is 65.3 Å². The van der Waals surface area contributed by atoms with Crippen molar-refractivity contribution in [3.63, 3.8) is 0 Å². The molecule has 41 heavy (non-hydrogen) atoms. The zero-order valence-corrected chi connectivity index (χ0v) is 23.4. The van der Waals surface area contributed by atoms with E-state index in [2.05, 4.69) is 22.3 Å². The van der Waals surface area contributed by atoms with Gasteiger partial charge in [-0.05, 0) is 56.2 Å². The number of aromatic nitrogens is 2. The molecule has 4 aromatic rings. The zero-order chi connectivity index (χ0) is 28.6. The Morgan fingerprint density at radius 3 is 2.63 bits per heavy atom. The summed E-state index contributed by atoms with van der Waals surface area (Å²) in [4.78, 5) is 46.7. The van der Waals surface area contributed by atoms with Crippen LogP contribution in [0, 0.1) is 12.3 Å². The van der Waals surface area contributed by atoms with Gasteiger partial charge in [0, 0.05) is 48.4 Å². The Labute approximate surface area is 238 Å². The van der Waals surface area contributed by atoms with E-state index in [1.807, 2.05) is 54.4 Å². The van der Waals surface area contributed by atoms with Crippen molar-refractivity contribution in [1.29, 1.82) is 0 Å². The number of nitrogens with one attached hydrogen (secondary N) is 1. The first-order valence-corrected chi connectivity index (χ1v) is 14.2. The summed E-state index contributed by atoms with van der Waals surface area (Å²) in [7, 11) is 0. The first-order valence-electron chi connectivity index (χ1n) is 14.2. The van der Waals surface area contributed by atoms with Crippen LogP contribution in [0.25, 0.3) is 22.2 Å². The van der Waals surface area contributed by atoms with Gasteiger partial charge in [-0.1, -0.05) is 47.1 Å². The van der Waals surface area contributed by atoms with Gasteiger partial charge in [0.25, 0.3) is 5.91 Å². The minimum Gasteiger partial charge on any atom is -0.464 e. The highest BCUT2D eigenvalue weighted by molar-refractivity contribution is 5.96. The van der Waals surface area contributed by atoms with Crippen LogP contribution in [-0.2, 0) is 20.7 Å². The number of piperidine rings is 1. The normalized spacial score (nSPS) is 18.2. The van der Waals surface area contributed by atoms with E-state index in [0.717, 1.165) is 27.6 Å². The number of esters is 1. The molecule has 2 amide bonds. The van der Waals surface area contributed by atoms with Crippen molar-refractivity contribution < 1.29 is 23.6 Å². The lowest BCUT2D eigenvalue weighted by atomic mass is 9.76. The van der Waals surface area contributed by atoms with Gasteiger partial charge in [0.1, 0.15) is 11.7 Å². The monoisotopic (exact) mass is 554 g/mol. The highest BCUT2D eigenvalue weighted by atomic mass is 16.5. The third kappa shape index (κ3) is 5.24. The van der Waals surface area contributed by atoms with Crippen LogP contribution in [0.4, 0.5) is 0 Å². The molecule has 9 nitrogen and oxygen atoms in total. The third-order valence-corrected chi connectivity index (χ3v) is 8.56. The van der Waals surface area contributed by atoms with Gasteiger partial charge in [-0.3, -0.25) is 9.59 Å². The average molecular weight is 555 g/mol. The molecule has 4 heterocycles. The Bertz CT molecular complexity index is 1580. The van der Waals surface area contributed by atoms with Crippen molar-refractivity contribution in [2.45, 2.75) is 45.6 Å². The van der Waals surface area contributed by atoms with Gasteiger partial charge < -0.3 is 24.0 Å². The third-order valence-electron chi connectivity index (χ3n) is 8.56. The van der Waals surface area contributed by atoms with Crippen LogP contribution in [0.3, 0.4) is 0 Å². The van der Waals surface area contributed by atoms with Crippen molar-refractivity contribution in [2.24, 2.45) is 5.41 Å². The molecule has 9 heteroatoms. The van der Waals surface area contributed by atoms with Crippen molar-refractivity contribution in [3.05, 3.63) is 77.7 Å². The number of aryl methyl sites for hydroxylation is 1.